The number of rotatable bonds is 2. The smallest absolute Gasteiger partial charge is 0.128 e. The molecule has 1 aliphatic heterocycles. The average Bonchev–Trinajstić information content (AvgIpc) is 2.30. The minimum absolute atomic E-state index is 0.700. The van der Waals surface area contributed by atoms with Gasteiger partial charge in [-0.3, -0.25) is 0 Å². The Morgan fingerprint density at radius 3 is 2.53 bits per heavy atom. The Labute approximate surface area is 95.7 Å². The number of anilines is 1. The monoisotopic (exact) mass is 225 g/mol. The fourth-order valence-corrected chi connectivity index (χ4v) is 1.96. The Hall–Kier alpha value is -0.800. The standard InChI is InChI=1S/C11H16ClN3/c1-2-14-5-7-15(8-6-14)11-4-3-10(12)9-13-11/h3-4,9H,2,5-8H2,1H3. The van der Waals surface area contributed by atoms with Crippen LogP contribution in [0.1, 0.15) is 6.92 Å². The zero-order valence-electron chi connectivity index (χ0n) is 8.99. The van der Waals surface area contributed by atoms with E-state index in [4.69, 9.17) is 11.6 Å². The fourth-order valence-electron chi connectivity index (χ4n) is 1.85. The largest absolute Gasteiger partial charge is 0.354 e. The van der Waals surface area contributed by atoms with Gasteiger partial charge in [-0.25, -0.2) is 4.98 Å². The highest BCUT2D eigenvalue weighted by molar-refractivity contribution is 6.30. The summed E-state index contributed by atoms with van der Waals surface area (Å²) in [4.78, 5) is 9.09. The molecule has 0 aliphatic carbocycles. The molecule has 1 saturated heterocycles. The third-order valence-corrected chi connectivity index (χ3v) is 3.08. The summed E-state index contributed by atoms with van der Waals surface area (Å²) in [5, 5.41) is 0.700. The highest BCUT2D eigenvalue weighted by Crippen LogP contribution is 2.15. The molecule has 82 valence electrons. The van der Waals surface area contributed by atoms with Gasteiger partial charge in [-0.2, -0.15) is 0 Å². The Balaban J connectivity index is 1.98. The molecule has 1 aromatic rings. The van der Waals surface area contributed by atoms with Gasteiger partial charge in [-0.05, 0) is 18.7 Å². The van der Waals surface area contributed by atoms with E-state index in [1.54, 1.807) is 6.20 Å². The lowest BCUT2D eigenvalue weighted by atomic mass is 10.3. The van der Waals surface area contributed by atoms with Crippen LogP contribution in [0, 0.1) is 0 Å². The van der Waals surface area contributed by atoms with E-state index in [2.05, 4.69) is 21.7 Å². The molecular weight excluding hydrogens is 210 g/mol. The maximum Gasteiger partial charge on any atom is 0.128 e. The summed E-state index contributed by atoms with van der Waals surface area (Å²) in [6.07, 6.45) is 1.71. The highest BCUT2D eigenvalue weighted by atomic mass is 35.5. The van der Waals surface area contributed by atoms with Gasteiger partial charge in [-0.1, -0.05) is 18.5 Å². The number of likely N-dealkylation sites (N-methyl/N-ethyl adjacent to an activating group) is 1. The number of aromatic nitrogens is 1. The number of pyridine rings is 1. The summed E-state index contributed by atoms with van der Waals surface area (Å²) in [6.45, 7) is 7.71. The van der Waals surface area contributed by atoms with Crippen molar-refractivity contribution in [2.24, 2.45) is 0 Å². The van der Waals surface area contributed by atoms with E-state index < -0.39 is 0 Å². The minimum atomic E-state index is 0.700. The molecule has 0 radical (unpaired) electrons. The molecule has 4 heteroatoms. The summed E-state index contributed by atoms with van der Waals surface area (Å²) in [7, 11) is 0. The van der Waals surface area contributed by atoms with Gasteiger partial charge in [0, 0.05) is 32.4 Å². The van der Waals surface area contributed by atoms with Crippen LogP contribution in [0.25, 0.3) is 0 Å². The Morgan fingerprint density at radius 1 is 1.27 bits per heavy atom. The van der Waals surface area contributed by atoms with E-state index >= 15 is 0 Å². The highest BCUT2D eigenvalue weighted by Gasteiger charge is 2.16. The third-order valence-electron chi connectivity index (χ3n) is 2.86. The summed E-state index contributed by atoms with van der Waals surface area (Å²) in [5.41, 5.74) is 0. The van der Waals surface area contributed by atoms with Crippen molar-refractivity contribution in [3.8, 4) is 0 Å². The lowest BCUT2D eigenvalue weighted by molar-refractivity contribution is 0.270. The van der Waals surface area contributed by atoms with Crippen LogP contribution in [0.4, 0.5) is 5.82 Å². The Kier molecular flexibility index (Phi) is 3.44. The van der Waals surface area contributed by atoms with Gasteiger partial charge in [-0.15, -0.1) is 0 Å². The van der Waals surface area contributed by atoms with Crippen molar-refractivity contribution < 1.29 is 0 Å². The topological polar surface area (TPSA) is 19.4 Å². The molecule has 3 nitrogen and oxygen atoms in total. The van der Waals surface area contributed by atoms with Crippen LogP contribution in [0.15, 0.2) is 18.3 Å². The van der Waals surface area contributed by atoms with Gasteiger partial charge < -0.3 is 9.80 Å². The van der Waals surface area contributed by atoms with Crippen LogP contribution in [-0.2, 0) is 0 Å². The van der Waals surface area contributed by atoms with E-state index in [-0.39, 0.29) is 0 Å². The van der Waals surface area contributed by atoms with Gasteiger partial charge in [0.1, 0.15) is 5.82 Å². The number of nitrogens with zero attached hydrogens (tertiary/aromatic N) is 3. The molecule has 0 aromatic carbocycles. The summed E-state index contributed by atoms with van der Waals surface area (Å²) in [6, 6.07) is 3.89. The molecule has 2 rings (SSSR count). The SMILES string of the molecule is CCN1CCN(c2ccc(Cl)cn2)CC1. The summed E-state index contributed by atoms with van der Waals surface area (Å²) < 4.78 is 0. The molecule has 0 N–H and O–H groups in total. The first-order valence-electron chi connectivity index (χ1n) is 5.38. The number of halogens is 1. The molecule has 0 amide bonds. The maximum absolute atomic E-state index is 5.81. The van der Waals surface area contributed by atoms with Gasteiger partial charge in [0.05, 0.1) is 5.02 Å². The Bertz CT molecular complexity index is 304. The zero-order chi connectivity index (χ0) is 10.7. The predicted octanol–water partition coefficient (Wildman–Crippen LogP) is 1.88. The molecule has 0 saturated carbocycles. The van der Waals surface area contributed by atoms with Crippen molar-refractivity contribution in [2.75, 3.05) is 37.6 Å². The first-order valence-corrected chi connectivity index (χ1v) is 5.76. The molecule has 1 fully saturated rings. The fraction of sp³-hybridized carbons (Fsp3) is 0.545. The first kappa shape index (κ1) is 10.7. The minimum Gasteiger partial charge on any atom is -0.354 e. The van der Waals surface area contributed by atoms with E-state index in [0.717, 1.165) is 38.5 Å². The van der Waals surface area contributed by atoms with Crippen molar-refractivity contribution in [1.29, 1.82) is 0 Å². The van der Waals surface area contributed by atoms with Crippen LogP contribution < -0.4 is 4.90 Å². The third kappa shape index (κ3) is 2.61. The van der Waals surface area contributed by atoms with E-state index in [9.17, 15) is 0 Å². The van der Waals surface area contributed by atoms with Crippen molar-refractivity contribution in [3.63, 3.8) is 0 Å². The predicted molar refractivity (Wildman–Crippen MR) is 63.6 cm³/mol. The van der Waals surface area contributed by atoms with Crippen LogP contribution in [0.3, 0.4) is 0 Å². The van der Waals surface area contributed by atoms with Crippen molar-refractivity contribution in [1.82, 2.24) is 9.88 Å². The molecule has 1 aliphatic rings. The van der Waals surface area contributed by atoms with Crippen molar-refractivity contribution >= 4 is 17.4 Å². The molecule has 0 bridgehead atoms. The second-order valence-electron chi connectivity index (χ2n) is 3.76. The molecule has 0 unspecified atom stereocenters. The maximum atomic E-state index is 5.81. The summed E-state index contributed by atoms with van der Waals surface area (Å²) in [5.74, 6) is 1.04. The lowest BCUT2D eigenvalue weighted by Gasteiger charge is -2.34. The first-order chi connectivity index (χ1) is 7.29. The van der Waals surface area contributed by atoms with Crippen molar-refractivity contribution in [3.05, 3.63) is 23.4 Å². The van der Waals surface area contributed by atoms with Crippen LogP contribution in [0.2, 0.25) is 5.02 Å². The second-order valence-corrected chi connectivity index (χ2v) is 4.19. The molecule has 1 aromatic heterocycles. The molecule has 15 heavy (non-hydrogen) atoms. The Morgan fingerprint density at radius 2 is 2.00 bits per heavy atom. The quantitative estimate of drug-likeness (QED) is 0.766. The summed E-state index contributed by atoms with van der Waals surface area (Å²) >= 11 is 5.81. The molecule has 0 spiro atoms. The average molecular weight is 226 g/mol. The second kappa shape index (κ2) is 4.81. The van der Waals surface area contributed by atoms with Crippen LogP contribution in [0.5, 0.6) is 0 Å². The van der Waals surface area contributed by atoms with Crippen LogP contribution >= 0.6 is 11.6 Å². The molecular formula is C11H16ClN3. The van der Waals surface area contributed by atoms with Gasteiger partial charge in [0.25, 0.3) is 0 Å². The van der Waals surface area contributed by atoms with E-state index in [1.807, 2.05) is 12.1 Å². The van der Waals surface area contributed by atoms with Gasteiger partial charge in [0.2, 0.25) is 0 Å². The van der Waals surface area contributed by atoms with E-state index in [0.29, 0.717) is 5.02 Å². The molecule has 2 heterocycles. The number of hydrogen-bond acceptors (Lipinski definition) is 3. The molecule has 0 atom stereocenters. The number of hydrogen-bond donors (Lipinski definition) is 0. The van der Waals surface area contributed by atoms with Crippen molar-refractivity contribution in [2.45, 2.75) is 6.92 Å². The number of piperazine rings is 1. The lowest BCUT2D eigenvalue weighted by Crippen LogP contribution is -2.46. The van der Waals surface area contributed by atoms with Gasteiger partial charge >= 0.3 is 0 Å². The zero-order valence-corrected chi connectivity index (χ0v) is 9.74. The van der Waals surface area contributed by atoms with Gasteiger partial charge in [0.15, 0.2) is 0 Å². The van der Waals surface area contributed by atoms with E-state index in [1.165, 1.54) is 0 Å². The van der Waals surface area contributed by atoms with Crippen LogP contribution in [-0.4, -0.2) is 42.6 Å². The normalized spacial score (nSPS) is 18.1.